The van der Waals surface area contributed by atoms with Crippen molar-refractivity contribution in [3.8, 4) is 17.2 Å². The zero-order chi connectivity index (χ0) is 19.6. The molecule has 5 heteroatoms. The number of ether oxygens (including phenoxy) is 3. The monoisotopic (exact) mass is 369 g/mol. The van der Waals surface area contributed by atoms with Gasteiger partial charge in [0.1, 0.15) is 0 Å². The first-order chi connectivity index (χ1) is 13.0. The van der Waals surface area contributed by atoms with Crippen molar-refractivity contribution in [2.24, 2.45) is 5.92 Å². The Kier molecular flexibility index (Phi) is 5.59. The van der Waals surface area contributed by atoms with Crippen LogP contribution in [-0.4, -0.2) is 33.8 Å². The van der Waals surface area contributed by atoms with Crippen molar-refractivity contribution in [1.82, 2.24) is 0 Å². The van der Waals surface area contributed by atoms with Gasteiger partial charge in [-0.05, 0) is 41.7 Å². The summed E-state index contributed by atoms with van der Waals surface area (Å²) in [5.41, 5.74) is 3.08. The van der Waals surface area contributed by atoms with E-state index in [2.05, 4.69) is 19.9 Å². The Hall–Kier alpha value is -2.69. The maximum Gasteiger partial charge on any atom is 0.234 e. The van der Waals surface area contributed by atoms with E-state index in [1.165, 1.54) is 0 Å². The van der Waals surface area contributed by atoms with Gasteiger partial charge in [-0.2, -0.15) is 0 Å². The zero-order valence-corrected chi connectivity index (χ0v) is 16.6. The minimum absolute atomic E-state index is 0.152. The number of carbonyl (C=O) groups is 1. The summed E-state index contributed by atoms with van der Waals surface area (Å²) in [6.07, 6.45) is 0.584. The number of hydrogen-bond donors (Lipinski definition) is 0. The highest BCUT2D eigenvalue weighted by atomic mass is 16.5. The van der Waals surface area contributed by atoms with Crippen LogP contribution in [0.15, 0.2) is 36.4 Å². The second kappa shape index (κ2) is 7.91. The third-order valence-electron chi connectivity index (χ3n) is 4.88. The minimum Gasteiger partial charge on any atom is -0.493 e. The van der Waals surface area contributed by atoms with Gasteiger partial charge >= 0.3 is 0 Å². The van der Waals surface area contributed by atoms with Gasteiger partial charge < -0.3 is 19.1 Å². The predicted molar refractivity (Wildman–Crippen MR) is 106 cm³/mol. The van der Waals surface area contributed by atoms with Gasteiger partial charge in [0.05, 0.1) is 27.2 Å². The first-order valence-electron chi connectivity index (χ1n) is 9.19. The fraction of sp³-hybridized carbons (Fsp3) is 0.409. The molecule has 0 fully saturated rings. The maximum atomic E-state index is 13.2. The molecule has 144 valence electrons. The van der Waals surface area contributed by atoms with Crippen molar-refractivity contribution in [2.45, 2.75) is 26.2 Å². The molecule has 27 heavy (non-hydrogen) atoms. The molecule has 0 saturated carbocycles. The fourth-order valence-electron chi connectivity index (χ4n) is 3.71. The number of fused-ring (bicyclic) bond motifs is 1. The lowest BCUT2D eigenvalue weighted by Crippen LogP contribution is -2.32. The van der Waals surface area contributed by atoms with Crippen molar-refractivity contribution >= 4 is 11.6 Å². The number of para-hydroxylation sites is 1. The molecular formula is C22H27NO4. The summed E-state index contributed by atoms with van der Waals surface area (Å²) in [7, 11) is 4.78. The Morgan fingerprint density at radius 2 is 1.63 bits per heavy atom. The van der Waals surface area contributed by atoms with Crippen molar-refractivity contribution in [3.63, 3.8) is 0 Å². The maximum absolute atomic E-state index is 13.2. The summed E-state index contributed by atoms with van der Waals surface area (Å²) >= 11 is 0. The third kappa shape index (κ3) is 3.59. The van der Waals surface area contributed by atoms with Gasteiger partial charge in [-0.3, -0.25) is 4.79 Å². The average molecular weight is 369 g/mol. The normalized spacial score (nSPS) is 15.9. The molecule has 0 aliphatic carbocycles. The van der Waals surface area contributed by atoms with Crippen LogP contribution < -0.4 is 19.1 Å². The van der Waals surface area contributed by atoms with E-state index >= 15 is 0 Å². The van der Waals surface area contributed by atoms with Gasteiger partial charge in [-0.1, -0.05) is 32.0 Å². The lowest BCUT2D eigenvalue weighted by atomic mass is 9.93. The third-order valence-corrected chi connectivity index (χ3v) is 4.88. The Morgan fingerprint density at radius 1 is 1.00 bits per heavy atom. The highest BCUT2D eigenvalue weighted by Gasteiger charge is 2.37. The first kappa shape index (κ1) is 19.1. The van der Waals surface area contributed by atoms with Crippen molar-refractivity contribution in [3.05, 3.63) is 47.5 Å². The van der Waals surface area contributed by atoms with E-state index < -0.39 is 0 Å². The Balaban J connectivity index is 1.97. The molecular weight excluding hydrogens is 342 g/mol. The van der Waals surface area contributed by atoms with Crippen molar-refractivity contribution < 1.29 is 19.0 Å². The second-order valence-corrected chi connectivity index (χ2v) is 7.19. The van der Waals surface area contributed by atoms with E-state index in [9.17, 15) is 4.79 Å². The van der Waals surface area contributed by atoms with Crippen LogP contribution >= 0.6 is 0 Å². The number of amides is 1. The number of anilines is 1. The summed E-state index contributed by atoms with van der Waals surface area (Å²) in [5.74, 6) is 2.11. The fourth-order valence-corrected chi connectivity index (χ4v) is 3.71. The van der Waals surface area contributed by atoms with Crippen LogP contribution in [0.5, 0.6) is 17.2 Å². The SMILES string of the molecule is COc1cc(CC2C(=O)N(CC(C)C)c3ccccc32)cc(OC)c1OC. The number of methoxy groups -OCH3 is 3. The minimum atomic E-state index is -0.206. The standard InChI is InChI=1S/C22H27NO4/c1-14(2)13-23-18-9-7-6-8-16(18)17(22(23)24)10-15-11-19(25-3)21(27-5)20(12-15)26-4/h6-9,11-12,14,17H,10,13H2,1-5H3. The summed E-state index contributed by atoms with van der Waals surface area (Å²) in [6.45, 7) is 4.98. The van der Waals surface area contributed by atoms with Crippen molar-refractivity contribution in [2.75, 3.05) is 32.8 Å². The van der Waals surface area contributed by atoms with Crippen LogP contribution in [0.25, 0.3) is 0 Å². The van der Waals surface area contributed by atoms with E-state index in [1.807, 2.05) is 35.2 Å². The highest BCUT2D eigenvalue weighted by molar-refractivity contribution is 6.05. The van der Waals surface area contributed by atoms with Crippen molar-refractivity contribution in [1.29, 1.82) is 0 Å². The van der Waals surface area contributed by atoms with Crippen LogP contribution in [0.3, 0.4) is 0 Å². The molecule has 3 rings (SSSR count). The van der Waals surface area contributed by atoms with Crippen LogP contribution in [0.2, 0.25) is 0 Å². The van der Waals surface area contributed by atoms with Gasteiger partial charge in [-0.25, -0.2) is 0 Å². The predicted octanol–water partition coefficient (Wildman–Crippen LogP) is 4.04. The molecule has 1 unspecified atom stereocenters. The van der Waals surface area contributed by atoms with E-state index in [0.717, 1.165) is 23.4 Å². The lowest BCUT2D eigenvalue weighted by molar-refractivity contribution is -0.119. The largest absolute Gasteiger partial charge is 0.493 e. The average Bonchev–Trinajstić information content (AvgIpc) is 2.92. The number of hydrogen-bond acceptors (Lipinski definition) is 4. The molecule has 0 bridgehead atoms. The van der Waals surface area contributed by atoms with Crippen LogP contribution in [-0.2, 0) is 11.2 Å². The molecule has 5 nitrogen and oxygen atoms in total. The first-order valence-corrected chi connectivity index (χ1v) is 9.19. The van der Waals surface area contributed by atoms with Gasteiger partial charge in [0.15, 0.2) is 11.5 Å². The molecule has 0 aromatic heterocycles. The van der Waals surface area contributed by atoms with E-state index in [0.29, 0.717) is 29.6 Å². The second-order valence-electron chi connectivity index (χ2n) is 7.19. The quantitative estimate of drug-likeness (QED) is 0.739. The smallest absolute Gasteiger partial charge is 0.234 e. The number of rotatable bonds is 7. The Bertz CT molecular complexity index is 806. The van der Waals surface area contributed by atoms with E-state index in [-0.39, 0.29) is 11.8 Å². The van der Waals surface area contributed by atoms with E-state index in [4.69, 9.17) is 14.2 Å². The molecule has 1 atom stereocenters. The van der Waals surface area contributed by atoms with Crippen LogP contribution in [0, 0.1) is 5.92 Å². The van der Waals surface area contributed by atoms with Gasteiger partial charge in [-0.15, -0.1) is 0 Å². The molecule has 1 aliphatic heterocycles. The Labute approximate surface area is 160 Å². The molecule has 1 amide bonds. The molecule has 2 aromatic carbocycles. The van der Waals surface area contributed by atoms with Gasteiger partial charge in [0.25, 0.3) is 0 Å². The number of carbonyl (C=O) groups excluding carboxylic acids is 1. The van der Waals surface area contributed by atoms with Gasteiger partial charge in [0, 0.05) is 12.2 Å². The molecule has 2 aromatic rings. The molecule has 0 radical (unpaired) electrons. The Morgan fingerprint density at radius 3 is 2.19 bits per heavy atom. The number of nitrogens with zero attached hydrogens (tertiary/aromatic N) is 1. The van der Waals surface area contributed by atoms with Crippen LogP contribution in [0.1, 0.15) is 30.9 Å². The van der Waals surface area contributed by atoms with Gasteiger partial charge in [0.2, 0.25) is 11.7 Å². The molecule has 1 aliphatic rings. The summed E-state index contributed by atoms with van der Waals surface area (Å²) in [4.78, 5) is 15.1. The summed E-state index contributed by atoms with van der Waals surface area (Å²) in [6, 6.07) is 11.9. The summed E-state index contributed by atoms with van der Waals surface area (Å²) < 4.78 is 16.3. The number of benzene rings is 2. The summed E-state index contributed by atoms with van der Waals surface area (Å²) in [5, 5.41) is 0. The molecule has 0 N–H and O–H groups in total. The molecule has 0 spiro atoms. The van der Waals surface area contributed by atoms with E-state index in [1.54, 1.807) is 21.3 Å². The lowest BCUT2D eigenvalue weighted by Gasteiger charge is -2.20. The zero-order valence-electron chi connectivity index (χ0n) is 16.6. The van der Waals surface area contributed by atoms with Crippen LogP contribution in [0.4, 0.5) is 5.69 Å². The topological polar surface area (TPSA) is 48.0 Å². The molecule has 1 heterocycles. The molecule has 0 saturated heterocycles. The highest BCUT2D eigenvalue weighted by Crippen LogP contribution is 2.42.